The van der Waals surface area contributed by atoms with Crippen LogP contribution in [0.1, 0.15) is 11.1 Å². The first-order chi connectivity index (χ1) is 13.3. The Morgan fingerprint density at radius 3 is 2.32 bits per heavy atom. The van der Waals surface area contributed by atoms with Crippen molar-refractivity contribution in [1.29, 1.82) is 0 Å². The monoisotopic (exact) mass is 478 g/mol. The lowest BCUT2D eigenvalue weighted by atomic mass is 10.1. The molecule has 28 heavy (non-hydrogen) atoms. The van der Waals surface area contributed by atoms with E-state index in [0.29, 0.717) is 9.47 Å². The number of benzene rings is 2. The summed E-state index contributed by atoms with van der Waals surface area (Å²) in [6, 6.07) is 18.9. The first-order valence-corrected chi connectivity index (χ1v) is 11.6. The number of anilines is 1. The average Bonchev–Trinajstić information content (AvgIpc) is 3.11. The van der Waals surface area contributed by atoms with Crippen molar-refractivity contribution in [3.63, 3.8) is 0 Å². The normalized spacial score (nSPS) is 12.5. The van der Waals surface area contributed by atoms with Gasteiger partial charge in [-0.05, 0) is 59.1 Å². The third-order valence-corrected chi connectivity index (χ3v) is 7.62. The second kappa shape index (κ2) is 9.00. The molecule has 1 aromatic heterocycles. The lowest BCUT2D eigenvalue weighted by molar-refractivity contribution is -0.117. The molecule has 146 valence electrons. The third kappa shape index (κ3) is 5.51. The van der Waals surface area contributed by atoms with E-state index in [2.05, 4.69) is 26.0 Å². The summed E-state index contributed by atoms with van der Waals surface area (Å²) in [4.78, 5) is 12.9. The van der Waals surface area contributed by atoms with Crippen LogP contribution in [0.15, 0.2) is 74.7 Å². The molecule has 3 aromatic rings. The molecule has 0 bridgehead atoms. The van der Waals surface area contributed by atoms with Crippen LogP contribution in [-0.2, 0) is 21.2 Å². The van der Waals surface area contributed by atoms with E-state index in [9.17, 15) is 13.2 Å². The van der Waals surface area contributed by atoms with Crippen LogP contribution in [0.5, 0.6) is 0 Å². The largest absolute Gasteiger partial charge is 0.325 e. The lowest BCUT2D eigenvalue weighted by Crippen LogP contribution is -2.45. The average molecular weight is 479 g/mol. The predicted octanol–water partition coefficient (Wildman–Crippen LogP) is 4.35. The maximum Gasteiger partial charge on any atom is 0.250 e. The molecule has 0 saturated heterocycles. The van der Waals surface area contributed by atoms with Gasteiger partial charge in [0.2, 0.25) is 5.91 Å². The number of nitrogens with one attached hydrogen (secondary N) is 2. The molecular formula is C20H19BrN2O3S2. The molecule has 0 radical (unpaired) electrons. The predicted molar refractivity (Wildman–Crippen MR) is 116 cm³/mol. The summed E-state index contributed by atoms with van der Waals surface area (Å²) in [5.41, 5.74) is 2.55. The quantitative estimate of drug-likeness (QED) is 0.529. The van der Waals surface area contributed by atoms with Crippen molar-refractivity contribution in [2.75, 3.05) is 5.32 Å². The van der Waals surface area contributed by atoms with Gasteiger partial charge < -0.3 is 5.32 Å². The van der Waals surface area contributed by atoms with Crippen LogP contribution in [0.2, 0.25) is 0 Å². The summed E-state index contributed by atoms with van der Waals surface area (Å²) in [6.07, 6.45) is 0.240. The minimum absolute atomic E-state index is 0.153. The Bertz CT molecular complexity index is 1050. The van der Waals surface area contributed by atoms with Gasteiger partial charge in [-0.3, -0.25) is 4.79 Å². The molecule has 0 aliphatic carbocycles. The molecule has 0 aliphatic rings. The van der Waals surface area contributed by atoms with Crippen molar-refractivity contribution in [1.82, 2.24) is 4.72 Å². The number of hydrogen-bond acceptors (Lipinski definition) is 4. The van der Waals surface area contributed by atoms with Gasteiger partial charge in [0.25, 0.3) is 10.0 Å². The standard InChI is InChI=1S/C20H19BrN2O3S2/c1-14-7-9-16(10-8-14)22-20(24)17(13-15-5-3-2-4-6-15)23-28(25,26)19-12-11-18(21)27-19/h2-12,17,23H,13H2,1H3,(H,22,24)/t17-/m0/s1. The number of amides is 1. The number of hydrogen-bond donors (Lipinski definition) is 2. The van der Waals surface area contributed by atoms with Crippen LogP contribution in [0.25, 0.3) is 0 Å². The summed E-state index contributed by atoms with van der Waals surface area (Å²) in [5, 5.41) is 2.80. The van der Waals surface area contributed by atoms with E-state index in [-0.39, 0.29) is 10.6 Å². The second-order valence-corrected chi connectivity index (χ2v) is 10.7. The SMILES string of the molecule is Cc1ccc(NC(=O)[C@H](Cc2ccccc2)NS(=O)(=O)c2ccc(Br)s2)cc1. The van der Waals surface area contributed by atoms with Crippen LogP contribution in [0.4, 0.5) is 5.69 Å². The number of aryl methyl sites for hydroxylation is 1. The summed E-state index contributed by atoms with van der Waals surface area (Å²) in [6.45, 7) is 1.96. The Morgan fingerprint density at radius 1 is 1.04 bits per heavy atom. The van der Waals surface area contributed by atoms with Gasteiger partial charge >= 0.3 is 0 Å². The molecule has 0 unspecified atom stereocenters. The third-order valence-electron chi connectivity index (χ3n) is 4.03. The van der Waals surface area contributed by atoms with E-state index in [0.717, 1.165) is 22.5 Å². The highest BCUT2D eigenvalue weighted by Crippen LogP contribution is 2.26. The summed E-state index contributed by atoms with van der Waals surface area (Å²) >= 11 is 4.37. The van der Waals surface area contributed by atoms with Crippen molar-refractivity contribution < 1.29 is 13.2 Å². The van der Waals surface area contributed by atoms with Crippen molar-refractivity contribution in [3.05, 3.63) is 81.6 Å². The Kier molecular flexibility index (Phi) is 6.66. The van der Waals surface area contributed by atoms with Crippen molar-refractivity contribution in [3.8, 4) is 0 Å². The lowest BCUT2D eigenvalue weighted by Gasteiger charge is -2.18. The van der Waals surface area contributed by atoms with Crippen LogP contribution >= 0.6 is 27.3 Å². The minimum Gasteiger partial charge on any atom is -0.325 e. The molecule has 8 heteroatoms. The van der Waals surface area contributed by atoms with Crippen molar-refractivity contribution in [2.24, 2.45) is 0 Å². The van der Waals surface area contributed by atoms with Crippen molar-refractivity contribution >= 4 is 48.9 Å². The van der Waals surface area contributed by atoms with Gasteiger partial charge in [0.1, 0.15) is 10.3 Å². The van der Waals surface area contributed by atoms with Gasteiger partial charge in [0.05, 0.1) is 3.79 Å². The molecule has 0 aliphatic heterocycles. The highest BCUT2D eigenvalue weighted by atomic mass is 79.9. The van der Waals surface area contributed by atoms with Gasteiger partial charge in [0, 0.05) is 5.69 Å². The fourth-order valence-electron chi connectivity index (χ4n) is 2.59. The van der Waals surface area contributed by atoms with E-state index in [1.807, 2.05) is 49.4 Å². The number of carbonyl (C=O) groups is 1. The maximum absolute atomic E-state index is 12.9. The topological polar surface area (TPSA) is 75.3 Å². The molecule has 0 spiro atoms. The fourth-order valence-corrected chi connectivity index (χ4v) is 5.81. The van der Waals surface area contributed by atoms with E-state index in [4.69, 9.17) is 0 Å². The Morgan fingerprint density at radius 2 is 1.71 bits per heavy atom. The molecule has 0 saturated carbocycles. The van der Waals surface area contributed by atoms with E-state index >= 15 is 0 Å². The highest BCUT2D eigenvalue weighted by molar-refractivity contribution is 9.11. The molecule has 0 fully saturated rings. The van der Waals surface area contributed by atoms with Gasteiger partial charge in [-0.2, -0.15) is 4.72 Å². The summed E-state index contributed by atoms with van der Waals surface area (Å²) in [7, 11) is -3.83. The zero-order valence-corrected chi connectivity index (χ0v) is 18.3. The second-order valence-electron chi connectivity index (χ2n) is 6.28. The minimum atomic E-state index is -3.83. The Labute approximate surface area is 177 Å². The van der Waals surface area contributed by atoms with Crippen LogP contribution in [0.3, 0.4) is 0 Å². The van der Waals surface area contributed by atoms with E-state index < -0.39 is 22.0 Å². The Balaban J connectivity index is 1.83. The van der Waals surface area contributed by atoms with Gasteiger partial charge in [0.15, 0.2) is 0 Å². The highest BCUT2D eigenvalue weighted by Gasteiger charge is 2.27. The number of halogens is 1. The first kappa shape index (κ1) is 20.7. The van der Waals surface area contributed by atoms with Crippen LogP contribution in [-0.4, -0.2) is 20.4 Å². The van der Waals surface area contributed by atoms with E-state index in [1.54, 1.807) is 18.2 Å². The number of rotatable bonds is 7. The summed E-state index contributed by atoms with van der Waals surface area (Å²) in [5.74, 6) is -0.410. The molecule has 5 nitrogen and oxygen atoms in total. The van der Waals surface area contributed by atoms with Gasteiger partial charge in [-0.1, -0.05) is 48.0 Å². The smallest absolute Gasteiger partial charge is 0.250 e. The molecule has 1 atom stereocenters. The van der Waals surface area contributed by atoms with E-state index in [1.165, 1.54) is 6.07 Å². The molecule has 1 heterocycles. The fraction of sp³-hybridized carbons (Fsp3) is 0.150. The molecule has 2 N–H and O–H groups in total. The molecular weight excluding hydrogens is 460 g/mol. The zero-order chi connectivity index (χ0) is 20.1. The zero-order valence-electron chi connectivity index (χ0n) is 15.1. The molecule has 3 rings (SSSR count). The maximum atomic E-state index is 12.9. The van der Waals surface area contributed by atoms with Crippen LogP contribution in [0, 0.1) is 6.92 Å². The number of carbonyl (C=O) groups excluding carboxylic acids is 1. The summed E-state index contributed by atoms with van der Waals surface area (Å²) < 4.78 is 28.9. The number of thiophene rings is 1. The first-order valence-electron chi connectivity index (χ1n) is 8.52. The molecule has 1 amide bonds. The molecule has 2 aromatic carbocycles. The van der Waals surface area contributed by atoms with Crippen LogP contribution < -0.4 is 10.0 Å². The van der Waals surface area contributed by atoms with Gasteiger partial charge in [-0.15, -0.1) is 11.3 Å². The number of sulfonamides is 1. The van der Waals surface area contributed by atoms with Crippen molar-refractivity contribution in [2.45, 2.75) is 23.6 Å². The van der Waals surface area contributed by atoms with Gasteiger partial charge in [-0.25, -0.2) is 8.42 Å². The Hall–Kier alpha value is -2.00.